The Morgan fingerprint density at radius 1 is 1.16 bits per heavy atom. The van der Waals surface area contributed by atoms with E-state index in [-0.39, 0.29) is 22.9 Å². The van der Waals surface area contributed by atoms with Gasteiger partial charge in [0.25, 0.3) is 10.0 Å². The third-order valence-electron chi connectivity index (χ3n) is 5.00. The molecule has 0 bridgehead atoms. The first kappa shape index (κ1) is 23.0. The minimum absolute atomic E-state index is 0.00609. The number of ketones is 1. The van der Waals surface area contributed by atoms with E-state index in [4.69, 9.17) is 9.47 Å². The monoisotopic (exact) mass is 463 g/mol. The van der Waals surface area contributed by atoms with Gasteiger partial charge in [-0.05, 0) is 62.6 Å². The summed E-state index contributed by atoms with van der Waals surface area (Å²) in [5.74, 6) is -1.42. The molecule has 0 amide bonds. The summed E-state index contributed by atoms with van der Waals surface area (Å²) in [4.78, 5) is 26.2. The molecule has 1 aromatic heterocycles. The van der Waals surface area contributed by atoms with Crippen molar-refractivity contribution in [1.29, 1.82) is 0 Å². The number of thiophene rings is 1. The van der Waals surface area contributed by atoms with Crippen LogP contribution in [0.5, 0.6) is 5.75 Å². The first-order valence-corrected chi connectivity index (χ1v) is 12.1. The number of benzene rings is 1. The summed E-state index contributed by atoms with van der Waals surface area (Å²) in [5, 5.41) is 1.88. The Kier molecular flexibility index (Phi) is 6.86. The van der Waals surface area contributed by atoms with Crippen LogP contribution in [0.3, 0.4) is 0 Å². The number of hydrogen-bond donors (Lipinski definition) is 0. The zero-order chi connectivity index (χ0) is 22.8. The summed E-state index contributed by atoms with van der Waals surface area (Å²) in [7, 11) is -2.63. The van der Waals surface area contributed by atoms with E-state index in [1.54, 1.807) is 19.9 Å². The van der Waals surface area contributed by atoms with Gasteiger partial charge in [0.1, 0.15) is 17.2 Å². The van der Waals surface area contributed by atoms with Gasteiger partial charge in [-0.1, -0.05) is 6.07 Å². The molecule has 0 N–H and O–H groups in total. The molecule has 0 saturated heterocycles. The van der Waals surface area contributed by atoms with Crippen LogP contribution in [0, 0.1) is 5.92 Å². The van der Waals surface area contributed by atoms with Gasteiger partial charge >= 0.3 is 5.97 Å². The summed E-state index contributed by atoms with van der Waals surface area (Å²) in [5.41, 5.74) is -0.0829. The molecule has 166 valence electrons. The predicted molar refractivity (Wildman–Crippen MR) is 117 cm³/mol. The summed E-state index contributed by atoms with van der Waals surface area (Å²) in [6, 6.07) is 9.62. The van der Waals surface area contributed by atoms with E-state index in [9.17, 15) is 18.0 Å². The Bertz CT molecular complexity index is 1070. The fraction of sp³-hybridized carbons (Fsp3) is 0.364. The van der Waals surface area contributed by atoms with Crippen molar-refractivity contribution in [3.05, 3.63) is 58.4 Å². The lowest BCUT2D eigenvalue weighted by Crippen LogP contribution is -2.44. The SMILES string of the molecule is COc1ccc(S(=O)(=O)N2C[C@H](C(C)=O)[C@@H](c3cccs3)C=C2C(=O)OC(C)C)cc1. The summed E-state index contributed by atoms with van der Waals surface area (Å²) in [6.45, 7) is 4.68. The Morgan fingerprint density at radius 2 is 1.84 bits per heavy atom. The second-order valence-electron chi connectivity index (χ2n) is 7.48. The van der Waals surface area contributed by atoms with Gasteiger partial charge < -0.3 is 9.47 Å². The zero-order valence-corrected chi connectivity index (χ0v) is 19.4. The van der Waals surface area contributed by atoms with E-state index in [0.29, 0.717) is 5.75 Å². The number of allylic oxidation sites excluding steroid dienone is 1. The maximum atomic E-state index is 13.5. The van der Waals surface area contributed by atoms with Gasteiger partial charge in [-0.25, -0.2) is 13.2 Å². The second-order valence-corrected chi connectivity index (χ2v) is 10.3. The molecule has 3 rings (SSSR count). The molecule has 0 radical (unpaired) electrons. The molecule has 2 atom stereocenters. The van der Waals surface area contributed by atoms with Crippen molar-refractivity contribution in [2.45, 2.75) is 37.7 Å². The van der Waals surface area contributed by atoms with Crippen LogP contribution in [-0.4, -0.2) is 44.2 Å². The third-order valence-corrected chi connectivity index (χ3v) is 7.76. The summed E-state index contributed by atoms with van der Waals surface area (Å²) >= 11 is 1.46. The zero-order valence-electron chi connectivity index (χ0n) is 17.8. The second kappa shape index (κ2) is 9.23. The van der Waals surface area contributed by atoms with Gasteiger partial charge in [0.15, 0.2) is 0 Å². The molecule has 0 saturated carbocycles. The number of carbonyl (C=O) groups is 2. The number of carbonyl (C=O) groups excluding carboxylic acids is 2. The van der Waals surface area contributed by atoms with Crippen LogP contribution in [0.25, 0.3) is 0 Å². The maximum Gasteiger partial charge on any atom is 0.355 e. The highest BCUT2D eigenvalue weighted by Gasteiger charge is 2.42. The van der Waals surface area contributed by atoms with Crippen LogP contribution in [0.15, 0.2) is 58.4 Å². The average Bonchev–Trinajstić information content (AvgIpc) is 3.27. The van der Waals surface area contributed by atoms with Gasteiger partial charge in [-0.15, -0.1) is 11.3 Å². The van der Waals surface area contributed by atoms with Gasteiger partial charge in [-0.2, -0.15) is 0 Å². The smallest absolute Gasteiger partial charge is 0.355 e. The first-order chi connectivity index (χ1) is 14.6. The highest BCUT2D eigenvalue weighted by atomic mass is 32.2. The maximum absolute atomic E-state index is 13.5. The lowest BCUT2D eigenvalue weighted by molar-refractivity contribution is -0.144. The molecule has 1 aromatic carbocycles. The molecule has 1 aliphatic rings. The molecule has 0 aliphatic carbocycles. The molecule has 2 heterocycles. The molecule has 7 nitrogen and oxygen atoms in total. The quantitative estimate of drug-likeness (QED) is 0.583. The Morgan fingerprint density at radius 3 is 2.35 bits per heavy atom. The average molecular weight is 464 g/mol. The number of nitrogens with zero attached hydrogens (tertiary/aromatic N) is 1. The first-order valence-electron chi connectivity index (χ1n) is 9.78. The van der Waals surface area contributed by atoms with Crippen LogP contribution in [0.2, 0.25) is 0 Å². The van der Waals surface area contributed by atoms with Crippen LogP contribution in [-0.2, 0) is 24.3 Å². The van der Waals surface area contributed by atoms with Gasteiger partial charge in [0.05, 0.1) is 18.1 Å². The van der Waals surface area contributed by atoms with Crippen LogP contribution < -0.4 is 4.74 Å². The van der Waals surface area contributed by atoms with E-state index in [1.807, 2.05) is 17.5 Å². The van der Waals surface area contributed by atoms with Crippen molar-refractivity contribution >= 4 is 33.1 Å². The Hall–Kier alpha value is -2.65. The van der Waals surface area contributed by atoms with E-state index in [0.717, 1.165) is 9.18 Å². The number of sulfonamides is 1. The predicted octanol–water partition coefficient (Wildman–Crippen LogP) is 3.59. The van der Waals surface area contributed by atoms with E-state index < -0.39 is 33.9 Å². The van der Waals surface area contributed by atoms with Crippen molar-refractivity contribution < 1.29 is 27.5 Å². The van der Waals surface area contributed by atoms with E-state index in [1.165, 1.54) is 49.6 Å². The lowest BCUT2D eigenvalue weighted by Gasteiger charge is -2.36. The van der Waals surface area contributed by atoms with Crippen molar-refractivity contribution in [2.75, 3.05) is 13.7 Å². The van der Waals surface area contributed by atoms with Crippen molar-refractivity contribution in [3.8, 4) is 5.75 Å². The molecule has 2 aromatic rings. The number of esters is 1. The molecular formula is C22H25NO6S2. The standard InChI is InChI=1S/C22H25NO6S2/c1-14(2)29-22(25)20-12-18(21-6-5-11-30-21)19(15(3)24)13-23(20)31(26,27)17-9-7-16(28-4)8-10-17/h5-12,14,18-19H,13H2,1-4H3/t18-,19+/m0/s1. The normalized spacial score (nSPS) is 19.1. The van der Waals surface area contributed by atoms with Gasteiger partial charge in [0.2, 0.25) is 0 Å². The van der Waals surface area contributed by atoms with Crippen LogP contribution in [0.1, 0.15) is 31.6 Å². The number of rotatable bonds is 7. The van der Waals surface area contributed by atoms with Crippen molar-refractivity contribution in [1.82, 2.24) is 4.31 Å². The van der Waals surface area contributed by atoms with Crippen LogP contribution >= 0.6 is 11.3 Å². The number of hydrogen-bond acceptors (Lipinski definition) is 7. The van der Waals surface area contributed by atoms with Gasteiger partial charge in [-0.3, -0.25) is 9.10 Å². The fourth-order valence-electron chi connectivity index (χ4n) is 3.45. The van der Waals surface area contributed by atoms with E-state index in [2.05, 4.69) is 0 Å². The fourth-order valence-corrected chi connectivity index (χ4v) is 5.80. The molecule has 0 spiro atoms. The topological polar surface area (TPSA) is 90.0 Å². The molecule has 0 unspecified atom stereocenters. The van der Waals surface area contributed by atoms with Crippen molar-refractivity contribution in [3.63, 3.8) is 0 Å². The minimum atomic E-state index is -4.12. The molecular weight excluding hydrogens is 438 g/mol. The van der Waals surface area contributed by atoms with Crippen molar-refractivity contribution in [2.24, 2.45) is 5.92 Å². The molecule has 0 fully saturated rings. The summed E-state index contributed by atoms with van der Waals surface area (Å²) < 4.78 is 38.4. The van der Waals surface area contributed by atoms with E-state index >= 15 is 0 Å². The lowest BCUT2D eigenvalue weighted by atomic mass is 9.84. The Balaban J connectivity index is 2.12. The molecule has 31 heavy (non-hydrogen) atoms. The number of ether oxygens (including phenoxy) is 2. The number of methoxy groups -OCH3 is 1. The molecule has 1 aliphatic heterocycles. The third kappa shape index (κ3) is 4.83. The number of Topliss-reactive ketones (excluding diaryl/α,β-unsaturated/α-hetero) is 1. The Labute approximate surface area is 186 Å². The largest absolute Gasteiger partial charge is 0.497 e. The van der Waals surface area contributed by atoms with Gasteiger partial charge in [0, 0.05) is 23.3 Å². The minimum Gasteiger partial charge on any atom is -0.497 e. The molecule has 9 heteroatoms. The highest BCUT2D eigenvalue weighted by molar-refractivity contribution is 7.89. The highest BCUT2D eigenvalue weighted by Crippen LogP contribution is 2.39. The van der Waals surface area contributed by atoms with Crippen LogP contribution in [0.4, 0.5) is 0 Å². The summed E-state index contributed by atoms with van der Waals surface area (Å²) in [6.07, 6.45) is 1.12.